The van der Waals surface area contributed by atoms with Crippen LogP contribution >= 0.6 is 0 Å². The highest BCUT2D eigenvalue weighted by atomic mass is 16.3. The molecule has 0 atom stereocenters. The van der Waals surface area contributed by atoms with Crippen LogP contribution < -0.4 is 5.32 Å². The van der Waals surface area contributed by atoms with Crippen molar-refractivity contribution in [1.82, 2.24) is 4.98 Å². The van der Waals surface area contributed by atoms with Crippen molar-refractivity contribution < 1.29 is 9.21 Å². The van der Waals surface area contributed by atoms with Gasteiger partial charge in [-0.3, -0.25) is 4.79 Å². The first kappa shape index (κ1) is 20.0. The number of rotatable bonds is 5. The third kappa shape index (κ3) is 3.54. The molecule has 4 nitrogen and oxygen atoms in total. The molecule has 4 bridgehead atoms. The number of amides is 1. The van der Waals surface area contributed by atoms with Gasteiger partial charge in [0.25, 0.3) is 0 Å². The summed E-state index contributed by atoms with van der Waals surface area (Å²) >= 11 is 0. The standard InChI is InChI=1S/C28H32N2O2/c1-3-18-5-7-25-24(11-18)30-27(32-25)22-6-4-17(2)23(12-22)29-26(31)16-28-13-19-8-20(14-28)10-21(9-19)15-28/h4-7,11-12,19-21H,3,8-10,13-16H2,1-2H3,(H,29,31). The molecule has 4 aliphatic carbocycles. The van der Waals surface area contributed by atoms with E-state index in [4.69, 9.17) is 9.40 Å². The second kappa shape index (κ2) is 7.47. The highest BCUT2D eigenvalue weighted by Crippen LogP contribution is 2.61. The minimum atomic E-state index is 0.164. The topological polar surface area (TPSA) is 55.1 Å². The monoisotopic (exact) mass is 428 g/mol. The van der Waals surface area contributed by atoms with Gasteiger partial charge in [0.2, 0.25) is 11.8 Å². The van der Waals surface area contributed by atoms with Crippen molar-refractivity contribution in [3.8, 4) is 11.5 Å². The molecule has 7 rings (SSSR count). The Kier molecular flexibility index (Phi) is 4.67. The van der Waals surface area contributed by atoms with Crippen molar-refractivity contribution in [3.63, 3.8) is 0 Å². The van der Waals surface area contributed by atoms with Gasteiger partial charge in [-0.15, -0.1) is 0 Å². The maximum atomic E-state index is 13.2. The maximum absolute atomic E-state index is 13.2. The molecule has 166 valence electrons. The first-order valence-corrected chi connectivity index (χ1v) is 12.3. The van der Waals surface area contributed by atoms with E-state index in [2.05, 4.69) is 24.4 Å². The van der Waals surface area contributed by atoms with E-state index in [0.717, 1.165) is 52.1 Å². The zero-order valence-electron chi connectivity index (χ0n) is 19.1. The second-order valence-electron chi connectivity index (χ2n) is 10.8. The van der Waals surface area contributed by atoms with Crippen molar-refractivity contribution in [1.29, 1.82) is 0 Å². The smallest absolute Gasteiger partial charge is 0.227 e. The Morgan fingerprint density at radius 2 is 1.78 bits per heavy atom. The third-order valence-corrected chi connectivity index (χ3v) is 8.32. The number of aryl methyl sites for hydroxylation is 2. The van der Waals surface area contributed by atoms with Gasteiger partial charge in [0.05, 0.1) is 0 Å². The molecule has 0 aliphatic heterocycles. The number of hydrogen-bond acceptors (Lipinski definition) is 3. The van der Waals surface area contributed by atoms with Crippen LogP contribution in [-0.2, 0) is 11.2 Å². The van der Waals surface area contributed by atoms with E-state index >= 15 is 0 Å². The number of carbonyl (C=O) groups is 1. The van der Waals surface area contributed by atoms with Gasteiger partial charge in [0, 0.05) is 17.7 Å². The van der Waals surface area contributed by atoms with Gasteiger partial charge >= 0.3 is 0 Å². The molecule has 1 aromatic heterocycles. The fraction of sp³-hybridized carbons (Fsp3) is 0.500. The largest absolute Gasteiger partial charge is 0.436 e. The number of nitrogens with one attached hydrogen (secondary N) is 1. The maximum Gasteiger partial charge on any atom is 0.227 e. The summed E-state index contributed by atoms with van der Waals surface area (Å²) in [5.41, 5.74) is 6.01. The summed E-state index contributed by atoms with van der Waals surface area (Å²) in [5.74, 6) is 3.37. The molecule has 1 heterocycles. The fourth-order valence-electron chi connectivity index (χ4n) is 7.25. The molecule has 4 saturated carbocycles. The zero-order valence-corrected chi connectivity index (χ0v) is 19.1. The Balaban J connectivity index is 1.22. The minimum absolute atomic E-state index is 0.164. The van der Waals surface area contributed by atoms with Gasteiger partial charge in [0.15, 0.2) is 5.58 Å². The van der Waals surface area contributed by atoms with Crippen LogP contribution in [0.4, 0.5) is 5.69 Å². The zero-order chi connectivity index (χ0) is 21.9. The summed E-state index contributed by atoms with van der Waals surface area (Å²) in [6.45, 7) is 4.18. The van der Waals surface area contributed by atoms with Gasteiger partial charge in [-0.1, -0.05) is 19.1 Å². The fourth-order valence-corrected chi connectivity index (χ4v) is 7.25. The lowest BCUT2D eigenvalue weighted by molar-refractivity contribution is -0.124. The van der Waals surface area contributed by atoms with Gasteiger partial charge in [-0.05, 0) is 110 Å². The van der Waals surface area contributed by atoms with E-state index in [9.17, 15) is 4.79 Å². The number of oxazole rings is 1. The number of benzene rings is 2. The molecular formula is C28H32N2O2. The molecule has 32 heavy (non-hydrogen) atoms. The van der Waals surface area contributed by atoms with Crippen molar-refractivity contribution >= 4 is 22.7 Å². The molecular weight excluding hydrogens is 396 g/mol. The molecule has 1 amide bonds. The SMILES string of the molecule is CCc1ccc2oc(-c3ccc(C)c(NC(=O)CC45CC6CC(CC(C6)C4)C5)c3)nc2c1. The van der Waals surface area contributed by atoms with Crippen LogP contribution in [0.2, 0.25) is 0 Å². The van der Waals surface area contributed by atoms with Crippen LogP contribution in [0.1, 0.15) is 63.0 Å². The Morgan fingerprint density at radius 3 is 2.47 bits per heavy atom. The van der Waals surface area contributed by atoms with Crippen molar-refractivity contribution in [3.05, 3.63) is 47.5 Å². The van der Waals surface area contributed by atoms with Crippen molar-refractivity contribution in [2.24, 2.45) is 23.2 Å². The number of nitrogens with zero attached hydrogens (tertiary/aromatic N) is 1. The number of aromatic nitrogens is 1. The van der Waals surface area contributed by atoms with E-state index in [1.807, 2.05) is 31.2 Å². The highest BCUT2D eigenvalue weighted by molar-refractivity contribution is 5.92. The summed E-state index contributed by atoms with van der Waals surface area (Å²) in [4.78, 5) is 17.9. The van der Waals surface area contributed by atoms with Gasteiger partial charge < -0.3 is 9.73 Å². The molecule has 4 aliphatic rings. The molecule has 0 radical (unpaired) electrons. The van der Waals surface area contributed by atoms with Crippen LogP contribution in [0.25, 0.3) is 22.6 Å². The Labute approximate surface area is 189 Å². The average molecular weight is 429 g/mol. The van der Waals surface area contributed by atoms with Crippen LogP contribution in [0.15, 0.2) is 40.8 Å². The number of carbonyl (C=O) groups excluding carboxylic acids is 1. The summed E-state index contributed by atoms with van der Waals surface area (Å²) < 4.78 is 6.02. The third-order valence-electron chi connectivity index (χ3n) is 8.32. The van der Waals surface area contributed by atoms with E-state index < -0.39 is 0 Å². The molecule has 0 unspecified atom stereocenters. The van der Waals surface area contributed by atoms with Crippen LogP contribution in [0, 0.1) is 30.1 Å². The summed E-state index contributed by atoms with van der Waals surface area (Å²) in [6.07, 6.45) is 9.65. The van der Waals surface area contributed by atoms with E-state index in [1.54, 1.807) is 0 Å². The van der Waals surface area contributed by atoms with Gasteiger partial charge in [0.1, 0.15) is 5.52 Å². The average Bonchev–Trinajstić information content (AvgIpc) is 3.17. The predicted octanol–water partition coefficient (Wildman–Crippen LogP) is 6.91. The van der Waals surface area contributed by atoms with Crippen LogP contribution in [0.5, 0.6) is 0 Å². The summed E-state index contributed by atoms with van der Waals surface area (Å²) in [6, 6.07) is 12.2. The summed E-state index contributed by atoms with van der Waals surface area (Å²) in [7, 11) is 0. The molecule has 3 aromatic rings. The van der Waals surface area contributed by atoms with Gasteiger partial charge in [-0.25, -0.2) is 4.98 Å². The van der Waals surface area contributed by atoms with Crippen LogP contribution in [0.3, 0.4) is 0 Å². The van der Waals surface area contributed by atoms with Gasteiger partial charge in [-0.2, -0.15) is 0 Å². The lowest BCUT2D eigenvalue weighted by Gasteiger charge is -2.56. The molecule has 4 fully saturated rings. The Hall–Kier alpha value is -2.62. The first-order valence-electron chi connectivity index (χ1n) is 12.3. The first-order chi connectivity index (χ1) is 15.5. The number of anilines is 1. The normalized spacial score (nSPS) is 28.4. The van der Waals surface area contributed by atoms with Crippen molar-refractivity contribution in [2.75, 3.05) is 5.32 Å². The molecule has 1 N–H and O–H groups in total. The van der Waals surface area contributed by atoms with E-state index in [-0.39, 0.29) is 11.3 Å². The Bertz CT molecular complexity index is 1160. The number of fused-ring (bicyclic) bond motifs is 1. The van der Waals surface area contributed by atoms with E-state index in [1.165, 1.54) is 44.1 Å². The molecule has 2 aromatic carbocycles. The quantitative estimate of drug-likeness (QED) is 0.480. The van der Waals surface area contributed by atoms with E-state index in [0.29, 0.717) is 12.3 Å². The number of hydrogen-bond donors (Lipinski definition) is 1. The molecule has 0 saturated heterocycles. The van der Waals surface area contributed by atoms with Crippen molar-refractivity contribution in [2.45, 2.75) is 65.2 Å². The minimum Gasteiger partial charge on any atom is -0.436 e. The lowest BCUT2D eigenvalue weighted by atomic mass is 9.49. The molecule has 4 heteroatoms. The lowest BCUT2D eigenvalue weighted by Crippen LogP contribution is -2.47. The molecule has 0 spiro atoms. The second-order valence-corrected chi connectivity index (χ2v) is 10.8. The van der Waals surface area contributed by atoms with Crippen LogP contribution in [-0.4, -0.2) is 10.9 Å². The Morgan fingerprint density at radius 1 is 1.06 bits per heavy atom. The predicted molar refractivity (Wildman–Crippen MR) is 127 cm³/mol. The summed E-state index contributed by atoms with van der Waals surface area (Å²) in [5, 5.41) is 3.24. The highest BCUT2D eigenvalue weighted by Gasteiger charge is 2.51.